The van der Waals surface area contributed by atoms with Crippen LogP contribution >= 0.6 is 0 Å². The fourth-order valence-electron chi connectivity index (χ4n) is 7.15. The van der Waals surface area contributed by atoms with Crippen molar-refractivity contribution in [2.45, 2.75) is 95.0 Å². The molecule has 13 nitrogen and oxygen atoms in total. The minimum Gasteiger partial charge on any atom is -0.479 e. The van der Waals surface area contributed by atoms with Crippen molar-refractivity contribution in [3.63, 3.8) is 0 Å². The maximum Gasteiger partial charge on any atom is 0.416 e. The summed E-state index contributed by atoms with van der Waals surface area (Å²) in [6.45, 7) is 10.4. The van der Waals surface area contributed by atoms with Crippen LogP contribution in [-0.2, 0) is 20.4 Å². The number of nitrogens with zero attached hydrogens (tertiary/aromatic N) is 5. The molecule has 1 aromatic carbocycles. The third-order valence-corrected chi connectivity index (χ3v) is 10.3. The van der Waals surface area contributed by atoms with Gasteiger partial charge in [-0.15, -0.1) is 0 Å². The maximum absolute atomic E-state index is 13.4. The van der Waals surface area contributed by atoms with Crippen molar-refractivity contribution in [3.05, 3.63) is 58.7 Å². The number of aliphatic hydroxyl groups is 3. The van der Waals surface area contributed by atoms with E-state index in [1.165, 1.54) is 18.5 Å². The third-order valence-electron chi connectivity index (χ3n) is 10.3. The Morgan fingerprint density at radius 1 is 1.00 bits per heavy atom. The highest BCUT2D eigenvalue weighted by molar-refractivity contribution is 5.96. The fourth-order valence-corrected chi connectivity index (χ4v) is 7.15. The number of carbonyl (C=O) groups excluding carboxylic acids is 1. The molecular weight excluding hydrogens is 651 g/mol. The number of hydrogen-bond acceptors (Lipinski definition) is 11. The average Bonchev–Trinajstić information content (AvgIpc) is 3.05. The van der Waals surface area contributed by atoms with Crippen molar-refractivity contribution in [2.24, 2.45) is 0 Å². The lowest BCUT2D eigenvalue weighted by Crippen LogP contribution is -2.63. The summed E-state index contributed by atoms with van der Waals surface area (Å²) in [5.41, 5.74) is 1.29. The average molecular weight is 696 g/mol. The van der Waals surface area contributed by atoms with Crippen LogP contribution in [0.25, 0.3) is 0 Å². The van der Waals surface area contributed by atoms with Crippen LogP contribution in [0.2, 0.25) is 0 Å². The summed E-state index contributed by atoms with van der Waals surface area (Å²) in [4.78, 5) is 39.6. The monoisotopic (exact) mass is 695 g/mol. The number of piperidine rings is 1. The number of likely N-dealkylation sites (tertiary alicyclic amines) is 1. The van der Waals surface area contributed by atoms with E-state index in [-0.39, 0.29) is 24.1 Å². The summed E-state index contributed by atoms with van der Waals surface area (Å²) < 4.78 is 51.3. The largest absolute Gasteiger partial charge is 0.479 e. The second kappa shape index (κ2) is 14.5. The van der Waals surface area contributed by atoms with Crippen molar-refractivity contribution in [1.29, 1.82) is 0 Å². The van der Waals surface area contributed by atoms with Crippen molar-refractivity contribution < 1.29 is 52.7 Å². The normalized spacial score (nSPS) is 29.1. The Hall–Kier alpha value is -3.25. The highest BCUT2D eigenvalue weighted by Gasteiger charge is 2.48. The molecule has 0 radical (unpaired) electrons. The number of alkyl halides is 3. The molecule has 3 saturated heterocycles. The highest BCUT2D eigenvalue weighted by atomic mass is 19.4. The number of carboxylic acids is 1. The van der Waals surface area contributed by atoms with Crippen molar-refractivity contribution in [1.82, 2.24) is 24.7 Å². The minimum absolute atomic E-state index is 0.0843. The van der Waals surface area contributed by atoms with Gasteiger partial charge in [0.15, 0.2) is 12.4 Å². The summed E-state index contributed by atoms with van der Waals surface area (Å²) >= 11 is 0. The molecule has 0 aliphatic carbocycles. The molecule has 5 rings (SSSR count). The van der Waals surface area contributed by atoms with Gasteiger partial charge < -0.3 is 34.8 Å². The number of benzene rings is 1. The highest BCUT2D eigenvalue weighted by Crippen LogP contribution is 2.36. The van der Waals surface area contributed by atoms with Gasteiger partial charge in [-0.2, -0.15) is 13.2 Å². The Morgan fingerprint density at radius 2 is 1.61 bits per heavy atom. The first-order chi connectivity index (χ1) is 23.0. The van der Waals surface area contributed by atoms with Crippen LogP contribution in [-0.4, -0.2) is 139 Å². The van der Waals surface area contributed by atoms with Crippen LogP contribution < -0.4 is 0 Å². The predicted octanol–water partition coefficient (Wildman–Crippen LogP) is 1.76. The predicted molar refractivity (Wildman–Crippen MR) is 167 cm³/mol. The second-order valence-corrected chi connectivity index (χ2v) is 13.4. The Balaban J connectivity index is 1.29. The number of halogens is 3. The molecule has 4 heterocycles. The molecular formula is C33H44F3N5O8. The van der Waals surface area contributed by atoms with Crippen LogP contribution in [0.5, 0.6) is 0 Å². The van der Waals surface area contributed by atoms with Crippen LogP contribution in [0.3, 0.4) is 0 Å². The van der Waals surface area contributed by atoms with Gasteiger partial charge in [0, 0.05) is 44.3 Å². The molecule has 0 spiro atoms. The van der Waals surface area contributed by atoms with Crippen LogP contribution in [0, 0.1) is 13.8 Å². The van der Waals surface area contributed by atoms with Gasteiger partial charge >= 0.3 is 12.1 Å². The number of ether oxygens (including phenoxy) is 2. The molecule has 3 aliphatic rings. The van der Waals surface area contributed by atoms with E-state index in [0.717, 1.165) is 25.0 Å². The van der Waals surface area contributed by atoms with E-state index in [9.17, 15) is 43.2 Å². The molecule has 0 unspecified atom stereocenters. The van der Waals surface area contributed by atoms with E-state index >= 15 is 0 Å². The number of aliphatic hydroxyl groups excluding tert-OH is 3. The molecule has 1 amide bonds. The Labute approximate surface area is 282 Å². The van der Waals surface area contributed by atoms with Crippen LogP contribution in [0.4, 0.5) is 13.2 Å². The van der Waals surface area contributed by atoms with Crippen LogP contribution in [0.1, 0.15) is 65.6 Å². The Morgan fingerprint density at radius 3 is 2.16 bits per heavy atom. The number of piperazine rings is 1. The van der Waals surface area contributed by atoms with E-state index in [1.807, 2.05) is 11.8 Å². The zero-order valence-electron chi connectivity index (χ0n) is 27.9. The first kappa shape index (κ1) is 37.0. The smallest absolute Gasteiger partial charge is 0.416 e. The van der Waals surface area contributed by atoms with Gasteiger partial charge in [0.1, 0.15) is 24.6 Å². The summed E-state index contributed by atoms with van der Waals surface area (Å²) in [6.07, 6.45) is -10.6. The second-order valence-electron chi connectivity index (χ2n) is 13.4. The van der Waals surface area contributed by atoms with E-state index < -0.39 is 54.5 Å². The molecule has 2 aromatic rings. The number of amides is 1. The van der Waals surface area contributed by atoms with Crippen molar-refractivity contribution in [3.8, 4) is 0 Å². The minimum atomic E-state index is -4.53. The molecule has 7 atom stereocenters. The quantitative estimate of drug-likeness (QED) is 0.316. The lowest BCUT2D eigenvalue weighted by molar-refractivity contribution is -0.297. The van der Waals surface area contributed by atoms with Gasteiger partial charge in [-0.05, 0) is 58.2 Å². The molecule has 0 bridgehead atoms. The van der Waals surface area contributed by atoms with Gasteiger partial charge in [0.2, 0.25) is 0 Å². The third kappa shape index (κ3) is 7.75. The zero-order valence-corrected chi connectivity index (χ0v) is 27.9. The number of aromatic nitrogens is 2. The zero-order chi connectivity index (χ0) is 35.8. The number of rotatable bonds is 8. The van der Waals surface area contributed by atoms with Gasteiger partial charge in [0.25, 0.3) is 5.91 Å². The molecule has 49 heavy (non-hydrogen) atoms. The summed E-state index contributed by atoms with van der Waals surface area (Å²) in [5, 5.41) is 40.2. The maximum atomic E-state index is 13.4. The molecule has 0 saturated carbocycles. The number of hydrogen-bond donors (Lipinski definition) is 4. The molecule has 4 N–H and O–H groups in total. The molecule has 3 aliphatic heterocycles. The number of aliphatic carboxylic acids is 1. The molecule has 270 valence electrons. The fraction of sp³-hybridized carbons (Fsp3) is 0.636. The SMILES string of the molecule is Cc1ncnc(C)c1C(=O)N1CCC(C)(N2CCN([C@@H](CO[C@H]3O[C@@H](C(=O)O)[C@H](O)[C@H](O)[C@@H]3O)c3ccc(C(F)(F)F)cc3)[C@@H](C)C2)CC1. The lowest BCUT2D eigenvalue weighted by Gasteiger charge is -2.53. The van der Waals surface area contributed by atoms with Gasteiger partial charge in [-0.25, -0.2) is 14.8 Å². The first-order valence-electron chi connectivity index (χ1n) is 16.3. The number of carbonyl (C=O) groups is 2. The van der Waals surface area contributed by atoms with Crippen LogP contribution in [0.15, 0.2) is 30.6 Å². The first-order valence-corrected chi connectivity index (χ1v) is 16.3. The van der Waals surface area contributed by atoms with E-state index in [1.54, 1.807) is 13.8 Å². The number of aryl methyl sites for hydroxylation is 2. The summed E-state index contributed by atoms with van der Waals surface area (Å²) in [5.74, 6) is -1.64. The van der Waals surface area contributed by atoms with E-state index in [2.05, 4.69) is 26.7 Å². The summed E-state index contributed by atoms with van der Waals surface area (Å²) in [7, 11) is 0. The van der Waals surface area contributed by atoms with Crippen molar-refractivity contribution in [2.75, 3.05) is 39.3 Å². The van der Waals surface area contributed by atoms with Crippen molar-refractivity contribution >= 4 is 11.9 Å². The van der Waals surface area contributed by atoms with Gasteiger partial charge in [-0.3, -0.25) is 14.6 Å². The van der Waals surface area contributed by atoms with E-state index in [4.69, 9.17) is 9.47 Å². The molecule has 3 fully saturated rings. The topological polar surface area (TPSA) is 169 Å². The molecule has 16 heteroatoms. The lowest BCUT2D eigenvalue weighted by atomic mass is 9.86. The standard InChI is InChI=1S/C33H44F3N5O8/c1-18-15-40(32(4)9-11-39(12-10-32)29(45)24-19(2)37-17-38-20(24)3)13-14-41(18)23(21-5-7-22(8-6-21)33(34,35)36)16-48-31-27(44)25(42)26(43)28(49-31)30(46)47/h5-8,17-18,23,25-28,31,42-44H,9-16H2,1-4H3,(H,46,47)/t18-,23-,25-,26+,27-,28+,31-/m0/s1. The van der Waals surface area contributed by atoms with E-state index in [0.29, 0.717) is 55.2 Å². The van der Waals surface area contributed by atoms with Gasteiger partial charge in [0.05, 0.1) is 35.2 Å². The number of carboxylic acid groups (broad SMARTS) is 1. The molecule has 1 aromatic heterocycles. The Kier molecular flexibility index (Phi) is 11.0. The summed E-state index contributed by atoms with van der Waals surface area (Å²) in [6, 6.07) is 3.94. The van der Waals surface area contributed by atoms with Gasteiger partial charge in [-0.1, -0.05) is 12.1 Å². The Bertz CT molecular complexity index is 1470.